The Morgan fingerprint density at radius 3 is 2.80 bits per heavy atom. The molecule has 2 aromatic rings. The maximum Gasteiger partial charge on any atom is 0.262 e. The van der Waals surface area contributed by atoms with Crippen molar-refractivity contribution in [2.45, 2.75) is 4.90 Å². The number of nitriles is 1. The smallest absolute Gasteiger partial charge is 0.262 e. The normalized spacial score (nSPS) is 11.5. The van der Waals surface area contributed by atoms with Crippen LogP contribution in [0.15, 0.2) is 23.4 Å². The minimum atomic E-state index is -3.92. The molecule has 0 atom stereocenters. The molecule has 76 valence electrons. The second-order valence-electron chi connectivity index (χ2n) is 2.79. The first-order valence-electron chi connectivity index (χ1n) is 3.85. The molecule has 7 heteroatoms. The van der Waals surface area contributed by atoms with Gasteiger partial charge in [0.2, 0.25) is 0 Å². The molecule has 0 saturated carbocycles. The summed E-state index contributed by atoms with van der Waals surface area (Å²) in [5, 5.41) is 8.87. The van der Waals surface area contributed by atoms with E-state index in [4.69, 9.17) is 15.9 Å². The van der Waals surface area contributed by atoms with Gasteiger partial charge in [-0.3, -0.25) is 0 Å². The van der Waals surface area contributed by atoms with Gasteiger partial charge in [-0.25, -0.2) is 13.4 Å². The predicted molar refractivity (Wildman–Crippen MR) is 53.8 cm³/mol. The van der Waals surface area contributed by atoms with Crippen molar-refractivity contribution in [1.29, 1.82) is 5.26 Å². The van der Waals surface area contributed by atoms with E-state index in [-0.39, 0.29) is 10.5 Å². The lowest BCUT2D eigenvalue weighted by Gasteiger charge is -1.99. The minimum absolute atomic E-state index is 0.0382. The summed E-state index contributed by atoms with van der Waals surface area (Å²) in [6.07, 6.45) is 1.39. The van der Waals surface area contributed by atoms with Gasteiger partial charge in [0.1, 0.15) is 16.5 Å². The van der Waals surface area contributed by atoms with Crippen LogP contribution in [0.5, 0.6) is 0 Å². The molecule has 0 radical (unpaired) electrons. The summed E-state index contributed by atoms with van der Waals surface area (Å²) in [7, 11) is 1.27. The van der Waals surface area contributed by atoms with Gasteiger partial charge in [-0.15, -0.1) is 0 Å². The number of aromatic amines is 1. The fourth-order valence-corrected chi connectivity index (χ4v) is 2.30. The lowest BCUT2D eigenvalue weighted by Crippen LogP contribution is -1.95. The molecule has 1 N–H and O–H groups in total. The molecule has 0 aliphatic rings. The Kier molecular flexibility index (Phi) is 2.14. The van der Waals surface area contributed by atoms with Crippen molar-refractivity contribution < 1.29 is 8.42 Å². The van der Waals surface area contributed by atoms with Gasteiger partial charge in [0.05, 0.1) is 17.4 Å². The van der Waals surface area contributed by atoms with Crippen LogP contribution in [0.25, 0.3) is 11.0 Å². The topological polar surface area (TPSA) is 86.6 Å². The zero-order valence-electron chi connectivity index (χ0n) is 7.23. The van der Waals surface area contributed by atoms with E-state index in [0.717, 1.165) is 0 Å². The molecule has 2 rings (SSSR count). The number of aromatic nitrogens is 2. The van der Waals surface area contributed by atoms with Gasteiger partial charge in [0, 0.05) is 10.7 Å². The van der Waals surface area contributed by atoms with Gasteiger partial charge in [-0.05, 0) is 12.1 Å². The second-order valence-corrected chi connectivity index (χ2v) is 5.32. The monoisotopic (exact) mass is 241 g/mol. The molecule has 1 heterocycles. The molecule has 0 saturated heterocycles. The molecule has 5 nitrogen and oxygen atoms in total. The number of benzene rings is 1. The van der Waals surface area contributed by atoms with Gasteiger partial charge in [0.25, 0.3) is 9.05 Å². The van der Waals surface area contributed by atoms with Crippen molar-refractivity contribution in [2.24, 2.45) is 0 Å². The summed E-state index contributed by atoms with van der Waals surface area (Å²) in [4.78, 5) is 6.42. The molecule has 0 bridgehead atoms. The number of nitrogens with zero attached hydrogens (tertiary/aromatic N) is 2. The van der Waals surface area contributed by atoms with Crippen LogP contribution in [0.3, 0.4) is 0 Å². The van der Waals surface area contributed by atoms with Crippen LogP contribution in [0, 0.1) is 11.3 Å². The highest BCUT2D eigenvalue weighted by Gasteiger charge is 2.18. The lowest BCUT2D eigenvalue weighted by atomic mass is 10.2. The summed E-state index contributed by atoms with van der Waals surface area (Å²) >= 11 is 0. The Morgan fingerprint density at radius 2 is 2.20 bits per heavy atom. The van der Waals surface area contributed by atoms with E-state index >= 15 is 0 Å². The summed E-state index contributed by atoms with van der Waals surface area (Å²) < 4.78 is 22.3. The van der Waals surface area contributed by atoms with Crippen LogP contribution in [0.4, 0.5) is 0 Å². The van der Waals surface area contributed by atoms with E-state index < -0.39 is 9.05 Å². The fraction of sp³-hybridized carbons (Fsp3) is 0. The Balaban J connectivity index is 2.95. The van der Waals surface area contributed by atoms with E-state index in [0.29, 0.717) is 11.0 Å². The van der Waals surface area contributed by atoms with Crippen molar-refractivity contribution in [2.75, 3.05) is 0 Å². The van der Waals surface area contributed by atoms with Crippen LogP contribution < -0.4 is 0 Å². The minimum Gasteiger partial charge on any atom is -0.345 e. The predicted octanol–water partition coefficient (Wildman–Crippen LogP) is 1.36. The average Bonchev–Trinajstić information content (AvgIpc) is 2.61. The van der Waals surface area contributed by atoms with E-state index in [9.17, 15) is 8.42 Å². The van der Waals surface area contributed by atoms with Gasteiger partial charge < -0.3 is 4.98 Å². The molecule has 0 amide bonds. The number of hydrogen-bond acceptors (Lipinski definition) is 4. The van der Waals surface area contributed by atoms with Crippen LogP contribution in [-0.4, -0.2) is 18.4 Å². The quantitative estimate of drug-likeness (QED) is 0.764. The number of nitrogens with one attached hydrogen (secondary N) is 1. The summed E-state index contributed by atoms with van der Waals surface area (Å²) in [5.41, 5.74) is 0.860. The van der Waals surface area contributed by atoms with Gasteiger partial charge in [0.15, 0.2) is 0 Å². The molecule has 0 spiro atoms. The zero-order chi connectivity index (χ0) is 11.1. The molecular formula is C8H4ClN3O2S. The molecular weight excluding hydrogens is 238 g/mol. The van der Waals surface area contributed by atoms with Crippen molar-refractivity contribution in [1.82, 2.24) is 9.97 Å². The van der Waals surface area contributed by atoms with Gasteiger partial charge in [-0.1, -0.05) is 0 Å². The number of imidazole rings is 1. The van der Waals surface area contributed by atoms with Crippen LogP contribution >= 0.6 is 10.7 Å². The zero-order valence-corrected chi connectivity index (χ0v) is 8.80. The fourth-order valence-electron chi connectivity index (χ4n) is 1.30. The SMILES string of the molecule is N#Cc1c(S(=O)(=O)Cl)ccc2[nH]cnc12. The standard InChI is InChI=1S/C8H4ClN3O2S/c9-15(13,14)7-2-1-6-8(5(7)3-10)12-4-11-6/h1-2,4H,(H,11,12). The van der Waals surface area contributed by atoms with Crippen molar-refractivity contribution in [3.63, 3.8) is 0 Å². The first-order valence-corrected chi connectivity index (χ1v) is 6.16. The molecule has 0 aliphatic carbocycles. The number of halogens is 1. The average molecular weight is 242 g/mol. The summed E-state index contributed by atoms with van der Waals surface area (Å²) in [6.45, 7) is 0. The first-order chi connectivity index (χ1) is 7.04. The number of fused-ring (bicyclic) bond motifs is 1. The summed E-state index contributed by atoms with van der Waals surface area (Å²) in [5.74, 6) is 0. The highest BCUT2D eigenvalue weighted by molar-refractivity contribution is 8.13. The third kappa shape index (κ3) is 1.56. The molecule has 0 unspecified atom stereocenters. The van der Waals surface area contributed by atoms with Crippen molar-refractivity contribution in [3.05, 3.63) is 24.0 Å². The molecule has 0 aliphatic heterocycles. The van der Waals surface area contributed by atoms with Crippen molar-refractivity contribution >= 4 is 30.8 Å². The Hall–Kier alpha value is -1.58. The highest BCUT2D eigenvalue weighted by atomic mass is 35.7. The van der Waals surface area contributed by atoms with Gasteiger partial charge in [-0.2, -0.15) is 5.26 Å². The molecule has 0 fully saturated rings. The lowest BCUT2D eigenvalue weighted by molar-refractivity contribution is 0.609. The second kappa shape index (κ2) is 3.22. The van der Waals surface area contributed by atoms with E-state index in [1.807, 2.05) is 0 Å². The maximum atomic E-state index is 11.2. The Bertz CT molecular complexity index is 669. The molecule has 1 aromatic heterocycles. The first kappa shape index (κ1) is 9.96. The Morgan fingerprint density at radius 1 is 1.47 bits per heavy atom. The van der Waals surface area contributed by atoms with Crippen LogP contribution in [0.2, 0.25) is 0 Å². The third-order valence-electron chi connectivity index (χ3n) is 1.93. The number of hydrogen-bond donors (Lipinski definition) is 1. The van der Waals surface area contributed by atoms with E-state index in [2.05, 4.69) is 9.97 Å². The maximum absolute atomic E-state index is 11.2. The number of rotatable bonds is 1. The molecule has 1 aromatic carbocycles. The van der Waals surface area contributed by atoms with E-state index in [1.165, 1.54) is 18.5 Å². The third-order valence-corrected chi connectivity index (χ3v) is 3.29. The largest absolute Gasteiger partial charge is 0.345 e. The highest BCUT2D eigenvalue weighted by Crippen LogP contribution is 2.25. The molecule has 15 heavy (non-hydrogen) atoms. The van der Waals surface area contributed by atoms with Crippen LogP contribution in [-0.2, 0) is 9.05 Å². The van der Waals surface area contributed by atoms with E-state index in [1.54, 1.807) is 6.07 Å². The number of H-pyrrole nitrogens is 1. The van der Waals surface area contributed by atoms with Gasteiger partial charge >= 0.3 is 0 Å². The Labute approximate surface area is 89.7 Å². The van der Waals surface area contributed by atoms with Crippen LogP contribution in [0.1, 0.15) is 5.56 Å². The summed E-state index contributed by atoms with van der Waals surface area (Å²) in [6, 6.07) is 4.58. The van der Waals surface area contributed by atoms with Crippen molar-refractivity contribution in [3.8, 4) is 6.07 Å².